The van der Waals surface area contributed by atoms with Crippen LogP contribution in [-0.4, -0.2) is 55.0 Å². The molecule has 0 saturated carbocycles. The van der Waals surface area contributed by atoms with Crippen molar-refractivity contribution in [2.45, 2.75) is 25.8 Å². The fraction of sp³-hybridized carbons (Fsp3) is 0.562. The second-order valence-corrected chi connectivity index (χ2v) is 5.70. The highest BCUT2D eigenvalue weighted by Gasteiger charge is 2.24. The molecule has 1 aromatic rings. The van der Waals surface area contributed by atoms with Crippen LogP contribution in [-0.2, 0) is 6.42 Å². The fourth-order valence-corrected chi connectivity index (χ4v) is 2.87. The molecule has 2 N–H and O–H groups in total. The maximum Gasteiger partial charge on any atom is 0.254 e. The number of carbonyl (C=O) groups is 1. The molecule has 4 heteroatoms. The van der Waals surface area contributed by atoms with E-state index in [1.54, 1.807) is 0 Å². The van der Waals surface area contributed by atoms with E-state index in [4.69, 9.17) is 5.73 Å². The second kappa shape index (κ2) is 6.86. The van der Waals surface area contributed by atoms with Gasteiger partial charge in [-0.05, 0) is 57.6 Å². The summed E-state index contributed by atoms with van der Waals surface area (Å²) in [4.78, 5) is 17.0. The maximum absolute atomic E-state index is 12.7. The summed E-state index contributed by atoms with van der Waals surface area (Å²) < 4.78 is 0. The minimum absolute atomic E-state index is 0.145. The summed E-state index contributed by atoms with van der Waals surface area (Å²) in [5, 5.41) is 0. The van der Waals surface area contributed by atoms with Gasteiger partial charge in [0.15, 0.2) is 0 Å². The third kappa shape index (κ3) is 3.58. The van der Waals surface area contributed by atoms with Crippen LogP contribution < -0.4 is 5.73 Å². The number of benzene rings is 1. The molecule has 4 nitrogen and oxygen atoms in total. The zero-order valence-corrected chi connectivity index (χ0v) is 12.5. The molecule has 0 aromatic heterocycles. The Morgan fingerprint density at radius 2 is 2.20 bits per heavy atom. The standard InChI is InChI=1S/C16H25N3O/c1-13-12-18(2)9-4-10-19(13)16(20)15-6-3-5-14(11-15)7-8-17/h3,5-6,11,13H,4,7-10,12,17H2,1-2H3. The Morgan fingerprint density at radius 1 is 1.40 bits per heavy atom. The second-order valence-electron chi connectivity index (χ2n) is 5.70. The first-order valence-electron chi connectivity index (χ1n) is 7.40. The molecule has 0 spiro atoms. The number of hydrogen-bond donors (Lipinski definition) is 1. The van der Waals surface area contributed by atoms with Crippen molar-refractivity contribution < 1.29 is 4.79 Å². The molecule has 20 heavy (non-hydrogen) atoms. The Kier molecular flexibility index (Phi) is 5.15. The van der Waals surface area contributed by atoms with Crippen molar-refractivity contribution in [3.05, 3.63) is 35.4 Å². The van der Waals surface area contributed by atoms with Crippen molar-refractivity contribution in [1.29, 1.82) is 0 Å². The van der Waals surface area contributed by atoms with Crippen molar-refractivity contribution in [1.82, 2.24) is 9.80 Å². The maximum atomic E-state index is 12.7. The van der Waals surface area contributed by atoms with E-state index in [1.807, 2.05) is 29.2 Å². The molecule has 1 aliphatic heterocycles. The Bertz CT molecular complexity index is 461. The number of hydrogen-bond acceptors (Lipinski definition) is 3. The highest BCUT2D eigenvalue weighted by Crippen LogP contribution is 2.15. The first-order valence-corrected chi connectivity index (χ1v) is 7.40. The third-order valence-corrected chi connectivity index (χ3v) is 3.91. The van der Waals surface area contributed by atoms with Crippen LogP contribution >= 0.6 is 0 Å². The van der Waals surface area contributed by atoms with Gasteiger partial charge in [-0.2, -0.15) is 0 Å². The van der Waals surface area contributed by atoms with Crippen molar-refractivity contribution in [3.8, 4) is 0 Å². The first-order chi connectivity index (χ1) is 9.61. The van der Waals surface area contributed by atoms with E-state index in [0.29, 0.717) is 6.54 Å². The Hall–Kier alpha value is -1.39. The number of rotatable bonds is 3. The predicted octanol–water partition coefficient (Wildman–Crippen LogP) is 1.35. The van der Waals surface area contributed by atoms with Crippen LogP contribution in [0.15, 0.2) is 24.3 Å². The summed E-state index contributed by atoms with van der Waals surface area (Å²) in [7, 11) is 2.12. The molecule has 1 atom stereocenters. The fourth-order valence-electron chi connectivity index (χ4n) is 2.87. The molecule has 0 radical (unpaired) electrons. The summed E-state index contributed by atoms with van der Waals surface area (Å²) in [6, 6.07) is 8.13. The van der Waals surface area contributed by atoms with Crippen LogP contribution in [0.25, 0.3) is 0 Å². The number of amides is 1. The normalized spacial score (nSPS) is 20.8. The highest BCUT2D eigenvalue weighted by atomic mass is 16.2. The largest absolute Gasteiger partial charge is 0.335 e. The molecule has 1 saturated heterocycles. The number of nitrogens with zero attached hydrogens (tertiary/aromatic N) is 2. The van der Waals surface area contributed by atoms with Crippen molar-refractivity contribution in [2.75, 3.05) is 33.2 Å². The van der Waals surface area contributed by atoms with Gasteiger partial charge < -0.3 is 15.5 Å². The lowest BCUT2D eigenvalue weighted by atomic mass is 10.1. The highest BCUT2D eigenvalue weighted by molar-refractivity contribution is 5.94. The van der Waals surface area contributed by atoms with Crippen LogP contribution in [0.5, 0.6) is 0 Å². The SMILES string of the molecule is CC1CN(C)CCCN1C(=O)c1cccc(CCN)c1. The molecule has 1 heterocycles. The lowest BCUT2D eigenvalue weighted by molar-refractivity contribution is 0.0696. The summed E-state index contributed by atoms with van der Waals surface area (Å²) in [6.07, 6.45) is 1.86. The Balaban J connectivity index is 2.15. The molecule has 0 aliphatic carbocycles. The third-order valence-electron chi connectivity index (χ3n) is 3.91. The molecule has 2 rings (SSSR count). The topological polar surface area (TPSA) is 49.6 Å². The van der Waals surface area contributed by atoms with Gasteiger partial charge in [-0.1, -0.05) is 12.1 Å². The number of carbonyl (C=O) groups excluding carboxylic acids is 1. The lowest BCUT2D eigenvalue weighted by Gasteiger charge is -2.28. The van der Waals surface area contributed by atoms with Gasteiger partial charge in [0, 0.05) is 24.7 Å². The van der Waals surface area contributed by atoms with Gasteiger partial charge in [-0.15, -0.1) is 0 Å². The summed E-state index contributed by atoms with van der Waals surface area (Å²) in [6.45, 7) is 5.58. The number of likely N-dealkylation sites (N-methyl/N-ethyl adjacent to an activating group) is 1. The molecule has 1 aliphatic rings. The quantitative estimate of drug-likeness (QED) is 0.906. The monoisotopic (exact) mass is 275 g/mol. The smallest absolute Gasteiger partial charge is 0.254 e. The summed E-state index contributed by atoms with van der Waals surface area (Å²) >= 11 is 0. The van der Waals surface area contributed by atoms with Gasteiger partial charge in [0.25, 0.3) is 5.91 Å². The van der Waals surface area contributed by atoms with Gasteiger partial charge in [-0.25, -0.2) is 0 Å². The molecule has 1 unspecified atom stereocenters. The van der Waals surface area contributed by atoms with Gasteiger partial charge in [-0.3, -0.25) is 4.79 Å². The van der Waals surface area contributed by atoms with Crippen LogP contribution in [0, 0.1) is 0 Å². The minimum atomic E-state index is 0.145. The predicted molar refractivity (Wildman–Crippen MR) is 81.8 cm³/mol. The van der Waals surface area contributed by atoms with Crippen LogP contribution in [0.3, 0.4) is 0 Å². The Labute approximate surface area is 121 Å². The average Bonchev–Trinajstić information content (AvgIpc) is 2.59. The average molecular weight is 275 g/mol. The molecule has 0 bridgehead atoms. The molecule has 1 fully saturated rings. The first kappa shape index (κ1) is 15.0. The van der Waals surface area contributed by atoms with Gasteiger partial charge >= 0.3 is 0 Å². The van der Waals surface area contributed by atoms with Gasteiger partial charge in [0.05, 0.1) is 0 Å². The van der Waals surface area contributed by atoms with E-state index in [1.165, 1.54) is 0 Å². The van der Waals surface area contributed by atoms with E-state index in [2.05, 4.69) is 18.9 Å². The molecule has 1 aromatic carbocycles. The van der Waals surface area contributed by atoms with E-state index in [-0.39, 0.29) is 11.9 Å². The van der Waals surface area contributed by atoms with Crippen LogP contribution in [0.4, 0.5) is 0 Å². The summed E-state index contributed by atoms with van der Waals surface area (Å²) in [5.41, 5.74) is 7.51. The van der Waals surface area contributed by atoms with Crippen LogP contribution in [0.1, 0.15) is 29.3 Å². The molecular formula is C16H25N3O. The van der Waals surface area contributed by atoms with Crippen molar-refractivity contribution in [3.63, 3.8) is 0 Å². The van der Waals surface area contributed by atoms with Crippen molar-refractivity contribution in [2.24, 2.45) is 5.73 Å². The van der Waals surface area contributed by atoms with E-state index >= 15 is 0 Å². The van der Waals surface area contributed by atoms with Gasteiger partial charge in [0.1, 0.15) is 0 Å². The molecule has 110 valence electrons. The lowest BCUT2D eigenvalue weighted by Crippen LogP contribution is -2.42. The van der Waals surface area contributed by atoms with Gasteiger partial charge in [0.2, 0.25) is 0 Å². The Morgan fingerprint density at radius 3 is 2.95 bits per heavy atom. The molecular weight excluding hydrogens is 250 g/mol. The van der Waals surface area contributed by atoms with Crippen LogP contribution in [0.2, 0.25) is 0 Å². The van der Waals surface area contributed by atoms with E-state index in [9.17, 15) is 4.79 Å². The zero-order valence-electron chi connectivity index (χ0n) is 12.5. The van der Waals surface area contributed by atoms with Crippen molar-refractivity contribution >= 4 is 5.91 Å². The van der Waals surface area contributed by atoms with E-state index in [0.717, 1.165) is 43.6 Å². The number of nitrogens with two attached hydrogens (primary N) is 1. The molecule has 1 amide bonds. The van der Waals surface area contributed by atoms with E-state index < -0.39 is 0 Å². The summed E-state index contributed by atoms with van der Waals surface area (Å²) in [5.74, 6) is 0.145. The zero-order chi connectivity index (χ0) is 14.5. The minimum Gasteiger partial charge on any atom is -0.335 e.